The van der Waals surface area contributed by atoms with Crippen molar-refractivity contribution in [1.82, 2.24) is 10.3 Å². The third-order valence-electron chi connectivity index (χ3n) is 3.53. The number of carbonyl (C=O) groups is 1. The number of ether oxygens (including phenoxy) is 1. The van der Waals surface area contributed by atoms with Gasteiger partial charge in [-0.15, -0.1) is 0 Å². The summed E-state index contributed by atoms with van der Waals surface area (Å²) >= 11 is 6.58. The number of pyridine rings is 1. The number of hydrogen-bond acceptors (Lipinski definition) is 5. The number of halogens is 2. The van der Waals surface area contributed by atoms with E-state index in [-0.39, 0.29) is 11.6 Å². The van der Waals surface area contributed by atoms with Crippen molar-refractivity contribution in [3.05, 3.63) is 67.2 Å². The Morgan fingerprint density at radius 2 is 1.85 bits per heavy atom. The van der Waals surface area contributed by atoms with Gasteiger partial charge in [-0.25, -0.2) is 4.98 Å². The van der Waals surface area contributed by atoms with Crippen LogP contribution in [0.2, 0.25) is 0 Å². The van der Waals surface area contributed by atoms with Crippen LogP contribution in [0.5, 0.6) is 11.5 Å². The summed E-state index contributed by atoms with van der Waals surface area (Å²) in [5.74, 6) is 0.693. The van der Waals surface area contributed by atoms with Crippen molar-refractivity contribution < 1.29 is 14.5 Å². The highest BCUT2D eigenvalue weighted by Crippen LogP contribution is 2.40. The van der Waals surface area contributed by atoms with Crippen LogP contribution < -0.4 is 10.1 Å². The van der Waals surface area contributed by atoms with E-state index in [0.717, 1.165) is 5.39 Å². The van der Waals surface area contributed by atoms with Gasteiger partial charge in [-0.05, 0) is 56.1 Å². The molecule has 9 heteroatoms. The number of nitrogens with zero attached hydrogens (tertiary/aromatic N) is 2. The van der Waals surface area contributed by atoms with Crippen LogP contribution >= 0.6 is 31.9 Å². The van der Waals surface area contributed by atoms with E-state index in [1.54, 1.807) is 37.4 Å². The molecule has 3 aromatic rings. The van der Waals surface area contributed by atoms with Gasteiger partial charge in [-0.3, -0.25) is 14.9 Å². The molecule has 132 valence electrons. The first-order chi connectivity index (χ1) is 12.4. The van der Waals surface area contributed by atoms with E-state index in [9.17, 15) is 14.9 Å². The molecule has 0 fully saturated rings. The number of nitro benzene ring substituents is 1. The van der Waals surface area contributed by atoms with Crippen LogP contribution in [0.25, 0.3) is 10.9 Å². The van der Waals surface area contributed by atoms with Crippen LogP contribution in [-0.4, -0.2) is 22.9 Å². The number of hydrogen-bond donors (Lipinski definition) is 1. The maximum Gasteiger partial charge on any atom is 0.271 e. The highest BCUT2D eigenvalue weighted by molar-refractivity contribution is 9.11. The molecule has 0 unspecified atom stereocenters. The first kappa shape index (κ1) is 18.3. The molecular formula is C17H11Br2N3O4. The monoisotopic (exact) mass is 479 g/mol. The van der Waals surface area contributed by atoms with Crippen molar-refractivity contribution in [3.8, 4) is 11.5 Å². The largest absolute Gasteiger partial charge is 0.455 e. The minimum absolute atomic E-state index is 0.0551. The van der Waals surface area contributed by atoms with E-state index < -0.39 is 4.92 Å². The lowest BCUT2D eigenvalue weighted by atomic mass is 10.2. The first-order valence-electron chi connectivity index (χ1n) is 7.33. The normalized spacial score (nSPS) is 10.6. The first-order valence-corrected chi connectivity index (χ1v) is 8.92. The number of fused-ring (bicyclic) bond motifs is 1. The average molecular weight is 481 g/mol. The third kappa shape index (κ3) is 3.68. The van der Waals surface area contributed by atoms with Crippen LogP contribution in [-0.2, 0) is 0 Å². The van der Waals surface area contributed by atoms with Crippen LogP contribution in [0.15, 0.2) is 51.4 Å². The molecule has 1 amide bonds. The molecule has 0 spiro atoms. The Morgan fingerprint density at radius 1 is 1.15 bits per heavy atom. The summed E-state index contributed by atoms with van der Waals surface area (Å²) in [5.41, 5.74) is 0.926. The molecule has 0 aliphatic carbocycles. The minimum atomic E-state index is -0.481. The van der Waals surface area contributed by atoms with Gasteiger partial charge >= 0.3 is 0 Å². The van der Waals surface area contributed by atoms with E-state index in [1.165, 1.54) is 12.1 Å². The number of carbonyl (C=O) groups excluding carboxylic acids is 1. The zero-order valence-electron chi connectivity index (χ0n) is 13.3. The maximum atomic E-state index is 11.7. The number of non-ortho nitro benzene ring substituents is 1. The van der Waals surface area contributed by atoms with Gasteiger partial charge in [-0.1, -0.05) is 6.07 Å². The molecule has 3 rings (SSSR count). The number of nitrogens with one attached hydrogen (secondary N) is 1. The number of aromatic nitrogens is 1. The molecule has 1 N–H and O–H groups in total. The molecule has 7 nitrogen and oxygen atoms in total. The van der Waals surface area contributed by atoms with Gasteiger partial charge in [0, 0.05) is 24.6 Å². The summed E-state index contributed by atoms with van der Waals surface area (Å²) in [5, 5.41) is 14.2. The Kier molecular flexibility index (Phi) is 5.19. The number of amides is 1. The fraction of sp³-hybridized carbons (Fsp3) is 0.0588. The van der Waals surface area contributed by atoms with Gasteiger partial charge in [0.05, 0.1) is 19.4 Å². The second-order valence-electron chi connectivity index (χ2n) is 5.23. The average Bonchev–Trinajstić information content (AvgIpc) is 2.63. The van der Waals surface area contributed by atoms with Gasteiger partial charge in [0.15, 0.2) is 5.75 Å². The molecule has 0 aliphatic heterocycles. The SMILES string of the molecule is CNC(=O)c1ccc2cc(Oc3c(Br)cc([N+](=O)[O-])cc3Br)ccc2n1. The highest BCUT2D eigenvalue weighted by Gasteiger charge is 2.16. The summed E-state index contributed by atoms with van der Waals surface area (Å²) in [6.07, 6.45) is 0. The van der Waals surface area contributed by atoms with Gasteiger partial charge in [0.1, 0.15) is 11.4 Å². The molecule has 1 aromatic heterocycles. The predicted molar refractivity (Wildman–Crippen MR) is 104 cm³/mol. The lowest BCUT2D eigenvalue weighted by molar-refractivity contribution is -0.385. The molecule has 2 aromatic carbocycles. The number of rotatable bonds is 4. The summed E-state index contributed by atoms with van der Waals surface area (Å²) < 4.78 is 6.76. The molecule has 0 saturated heterocycles. The Balaban J connectivity index is 1.95. The molecule has 0 saturated carbocycles. The standard InChI is InChI=1S/C17H11Br2N3O4/c1-20-17(23)15-4-2-9-6-11(3-5-14(9)21-15)26-16-12(18)7-10(22(24)25)8-13(16)19/h2-8H,1H3,(H,20,23). The van der Waals surface area contributed by atoms with E-state index in [2.05, 4.69) is 42.2 Å². The van der Waals surface area contributed by atoms with Gasteiger partial charge < -0.3 is 10.1 Å². The zero-order valence-corrected chi connectivity index (χ0v) is 16.5. The van der Waals surface area contributed by atoms with Crippen molar-refractivity contribution in [2.75, 3.05) is 7.05 Å². The van der Waals surface area contributed by atoms with Crippen molar-refractivity contribution in [2.45, 2.75) is 0 Å². The smallest absolute Gasteiger partial charge is 0.271 e. The van der Waals surface area contributed by atoms with Crippen LogP contribution in [0.3, 0.4) is 0 Å². The molecule has 0 atom stereocenters. The molecule has 26 heavy (non-hydrogen) atoms. The quantitative estimate of drug-likeness (QED) is 0.426. The summed E-state index contributed by atoms with van der Waals surface area (Å²) in [6.45, 7) is 0. The molecule has 0 bridgehead atoms. The van der Waals surface area contributed by atoms with Crippen LogP contribution in [0, 0.1) is 10.1 Å². The molecule has 0 radical (unpaired) electrons. The fourth-order valence-corrected chi connectivity index (χ4v) is 3.61. The van der Waals surface area contributed by atoms with Crippen molar-refractivity contribution in [1.29, 1.82) is 0 Å². The van der Waals surface area contributed by atoms with Gasteiger partial charge in [0.25, 0.3) is 11.6 Å². The summed E-state index contributed by atoms with van der Waals surface area (Å²) in [4.78, 5) is 26.4. The second-order valence-corrected chi connectivity index (χ2v) is 6.94. The van der Waals surface area contributed by atoms with E-state index in [0.29, 0.717) is 31.7 Å². The highest BCUT2D eigenvalue weighted by atomic mass is 79.9. The summed E-state index contributed by atoms with van der Waals surface area (Å²) in [6, 6.07) is 11.4. The number of nitro groups is 1. The van der Waals surface area contributed by atoms with Gasteiger partial charge in [-0.2, -0.15) is 0 Å². The lowest BCUT2D eigenvalue weighted by Crippen LogP contribution is -2.18. The Hall–Kier alpha value is -2.52. The van der Waals surface area contributed by atoms with E-state index >= 15 is 0 Å². The minimum Gasteiger partial charge on any atom is -0.455 e. The fourth-order valence-electron chi connectivity index (χ4n) is 2.29. The van der Waals surface area contributed by atoms with Crippen molar-refractivity contribution in [3.63, 3.8) is 0 Å². The Labute approximate surface area is 164 Å². The van der Waals surface area contributed by atoms with Crippen molar-refractivity contribution in [2.24, 2.45) is 0 Å². The Bertz CT molecular complexity index is 1020. The Morgan fingerprint density at radius 3 is 2.46 bits per heavy atom. The van der Waals surface area contributed by atoms with Gasteiger partial charge in [0.2, 0.25) is 0 Å². The second kappa shape index (κ2) is 7.38. The maximum absolute atomic E-state index is 11.7. The molecule has 0 aliphatic rings. The molecular weight excluding hydrogens is 470 g/mol. The molecule has 1 heterocycles. The summed E-state index contributed by atoms with van der Waals surface area (Å²) in [7, 11) is 1.55. The van der Waals surface area contributed by atoms with E-state index in [4.69, 9.17) is 4.74 Å². The topological polar surface area (TPSA) is 94.4 Å². The van der Waals surface area contributed by atoms with Crippen LogP contribution in [0.4, 0.5) is 5.69 Å². The zero-order chi connectivity index (χ0) is 18.8. The lowest BCUT2D eigenvalue weighted by Gasteiger charge is -2.11. The third-order valence-corrected chi connectivity index (χ3v) is 4.71. The van der Waals surface area contributed by atoms with Crippen LogP contribution in [0.1, 0.15) is 10.5 Å². The van der Waals surface area contributed by atoms with Crippen molar-refractivity contribution >= 4 is 54.4 Å². The number of benzene rings is 2. The predicted octanol–water partition coefficient (Wildman–Crippen LogP) is 4.82. The van der Waals surface area contributed by atoms with E-state index in [1.807, 2.05) is 0 Å².